The van der Waals surface area contributed by atoms with Crippen LogP contribution in [0.4, 0.5) is 11.4 Å². The molecule has 0 radical (unpaired) electrons. The van der Waals surface area contributed by atoms with Crippen molar-refractivity contribution in [3.63, 3.8) is 0 Å². The van der Waals surface area contributed by atoms with Crippen LogP contribution in [0.2, 0.25) is 0 Å². The zero-order valence-electron chi connectivity index (χ0n) is 12.4. The highest BCUT2D eigenvalue weighted by Crippen LogP contribution is 2.29. The van der Waals surface area contributed by atoms with E-state index in [1.807, 2.05) is 12.1 Å². The van der Waals surface area contributed by atoms with E-state index in [-0.39, 0.29) is 5.56 Å². The highest BCUT2D eigenvalue weighted by molar-refractivity contribution is 5.90. The van der Waals surface area contributed by atoms with Crippen LogP contribution in [0.3, 0.4) is 0 Å². The van der Waals surface area contributed by atoms with E-state index in [9.17, 15) is 4.79 Å². The number of carboxylic acids is 1. The van der Waals surface area contributed by atoms with Crippen molar-refractivity contribution >= 4 is 17.3 Å². The van der Waals surface area contributed by atoms with Crippen LogP contribution in [0.5, 0.6) is 5.75 Å². The number of aromatic carboxylic acids is 1. The van der Waals surface area contributed by atoms with Gasteiger partial charge >= 0.3 is 5.97 Å². The second-order valence-electron chi connectivity index (χ2n) is 5.12. The van der Waals surface area contributed by atoms with Crippen molar-refractivity contribution in [2.24, 2.45) is 0 Å². The van der Waals surface area contributed by atoms with Crippen LogP contribution in [-0.4, -0.2) is 18.2 Å². The number of hydrogen-bond acceptors (Lipinski definition) is 3. The first-order chi connectivity index (χ1) is 10.0. The van der Waals surface area contributed by atoms with Crippen LogP contribution >= 0.6 is 0 Å². The summed E-state index contributed by atoms with van der Waals surface area (Å²) in [6.07, 6.45) is 0. The van der Waals surface area contributed by atoms with Gasteiger partial charge in [0.25, 0.3) is 0 Å². The van der Waals surface area contributed by atoms with Gasteiger partial charge in [-0.3, -0.25) is 0 Å². The second kappa shape index (κ2) is 6.31. The van der Waals surface area contributed by atoms with E-state index < -0.39 is 5.97 Å². The molecule has 0 amide bonds. The van der Waals surface area contributed by atoms with Crippen molar-refractivity contribution in [1.82, 2.24) is 0 Å². The lowest BCUT2D eigenvalue weighted by molar-refractivity contribution is 0.0697. The van der Waals surface area contributed by atoms with Crippen LogP contribution in [0.15, 0.2) is 42.5 Å². The van der Waals surface area contributed by atoms with Crippen molar-refractivity contribution in [3.05, 3.63) is 53.6 Å². The molecule has 0 saturated heterocycles. The third-order valence-electron chi connectivity index (χ3n) is 3.30. The molecule has 0 fully saturated rings. The molecule has 21 heavy (non-hydrogen) atoms. The smallest absolute Gasteiger partial charge is 0.335 e. The molecular formula is C17H19NO3. The number of hydrogen-bond donors (Lipinski definition) is 2. The topological polar surface area (TPSA) is 58.6 Å². The summed E-state index contributed by atoms with van der Waals surface area (Å²) in [6, 6.07) is 12.8. The van der Waals surface area contributed by atoms with Gasteiger partial charge in [0.2, 0.25) is 0 Å². The van der Waals surface area contributed by atoms with E-state index in [0.29, 0.717) is 17.4 Å². The van der Waals surface area contributed by atoms with Gasteiger partial charge in [0.05, 0.1) is 18.4 Å². The molecule has 0 aliphatic carbocycles. The Morgan fingerprint density at radius 1 is 1.14 bits per heavy atom. The predicted molar refractivity (Wildman–Crippen MR) is 83.8 cm³/mol. The lowest BCUT2D eigenvalue weighted by atomic mass is 10.0. The average molecular weight is 285 g/mol. The van der Waals surface area contributed by atoms with Gasteiger partial charge in [0.1, 0.15) is 5.75 Å². The fraction of sp³-hybridized carbons (Fsp3) is 0.235. The third kappa shape index (κ3) is 3.54. The van der Waals surface area contributed by atoms with Crippen LogP contribution in [-0.2, 0) is 0 Å². The Bertz CT molecular complexity index is 633. The molecule has 4 nitrogen and oxygen atoms in total. The van der Waals surface area contributed by atoms with Crippen LogP contribution in [0.25, 0.3) is 0 Å². The Labute approximate surface area is 124 Å². The van der Waals surface area contributed by atoms with Gasteiger partial charge in [-0.2, -0.15) is 0 Å². The summed E-state index contributed by atoms with van der Waals surface area (Å²) in [5, 5.41) is 12.3. The number of benzene rings is 2. The molecule has 2 rings (SSSR count). The zero-order chi connectivity index (χ0) is 15.4. The molecule has 0 bridgehead atoms. The van der Waals surface area contributed by atoms with Gasteiger partial charge in [-0.1, -0.05) is 26.0 Å². The Hall–Kier alpha value is -2.49. The lowest BCUT2D eigenvalue weighted by Crippen LogP contribution is -2.00. The third-order valence-corrected chi connectivity index (χ3v) is 3.30. The molecule has 0 saturated carbocycles. The average Bonchev–Trinajstić information content (AvgIpc) is 2.47. The molecular weight excluding hydrogens is 266 g/mol. The number of anilines is 2. The first-order valence-corrected chi connectivity index (χ1v) is 6.79. The van der Waals surface area contributed by atoms with E-state index >= 15 is 0 Å². The number of methoxy groups -OCH3 is 1. The number of carboxylic acid groups (broad SMARTS) is 1. The molecule has 2 aromatic rings. The van der Waals surface area contributed by atoms with E-state index in [1.54, 1.807) is 19.2 Å². The summed E-state index contributed by atoms with van der Waals surface area (Å²) in [6.45, 7) is 4.28. The Balaban J connectivity index is 2.29. The first kappa shape index (κ1) is 14.9. The van der Waals surface area contributed by atoms with E-state index in [4.69, 9.17) is 9.84 Å². The second-order valence-corrected chi connectivity index (χ2v) is 5.12. The molecule has 0 aromatic heterocycles. The Morgan fingerprint density at radius 3 is 2.33 bits per heavy atom. The van der Waals surface area contributed by atoms with Crippen molar-refractivity contribution < 1.29 is 14.6 Å². The van der Waals surface area contributed by atoms with E-state index in [0.717, 1.165) is 5.69 Å². The van der Waals surface area contributed by atoms with E-state index in [1.165, 1.54) is 11.6 Å². The van der Waals surface area contributed by atoms with Crippen molar-refractivity contribution in [2.45, 2.75) is 19.8 Å². The number of rotatable bonds is 5. The minimum Gasteiger partial charge on any atom is -0.495 e. The molecule has 0 unspecified atom stereocenters. The predicted octanol–water partition coefficient (Wildman–Crippen LogP) is 4.26. The summed E-state index contributed by atoms with van der Waals surface area (Å²) in [4.78, 5) is 11.1. The minimum atomic E-state index is -0.962. The molecule has 0 aliphatic rings. The van der Waals surface area contributed by atoms with Crippen molar-refractivity contribution in [3.8, 4) is 5.75 Å². The van der Waals surface area contributed by atoms with Crippen molar-refractivity contribution in [1.29, 1.82) is 0 Å². The monoisotopic (exact) mass is 285 g/mol. The highest BCUT2D eigenvalue weighted by Gasteiger charge is 2.09. The SMILES string of the molecule is COc1ccc(C(=O)O)cc1Nc1ccc(C(C)C)cc1. The minimum absolute atomic E-state index is 0.220. The maximum Gasteiger partial charge on any atom is 0.335 e. The van der Waals surface area contributed by atoms with Crippen molar-refractivity contribution in [2.75, 3.05) is 12.4 Å². The number of carbonyl (C=O) groups is 1. The molecule has 0 aliphatic heterocycles. The fourth-order valence-corrected chi connectivity index (χ4v) is 2.05. The maximum atomic E-state index is 11.1. The first-order valence-electron chi connectivity index (χ1n) is 6.79. The molecule has 2 aromatic carbocycles. The van der Waals surface area contributed by atoms with Gasteiger partial charge in [0.15, 0.2) is 0 Å². The van der Waals surface area contributed by atoms with Gasteiger partial charge in [-0.15, -0.1) is 0 Å². The largest absolute Gasteiger partial charge is 0.495 e. The highest BCUT2D eigenvalue weighted by atomic mass is 16.5. The fourth-order valence-electron chi connectivity index (χ4n) is 2.05. The maximum absolute atomic E-state index is 11.1. The van der Waals surface area contributed by atoms with Gasteiger partial charge in [-0.05, 0) is 41.8 Å². The summed E-state index contributed by atoms with van der Waals surface area (Å²) < 4.78 is 5.26. The summed E-state index contributed by atoms with van der Waals surface area (Å²) in [5.41, 5.74) is 3.00. The van der Waals surface area contributed by atoms with Crippen LogP contribution in [0.1, 0.15) is 35.7 Å². The summed E-state index contributed by atoms with van der Waals surface area (Å²) in [5.74, 6) is 0.118. The molecule has 110 valence electrons. The molecule has 4 heteroatoms. The van der Waals surface area contributed by atoms with Gasteiger partial charge in [0, 0.05) is 5.69 Å². The standard InChI is InChI=1S/C17H19NO3/c1-11(2)12-4-7-14(8-5-12)18-15-10-13(17(19)20)6-9-16(15)21-3/h4-11,18H,1-3H3,(H,19,20). The van der Waals surface area contributed by atoms with Crippen LogP contribution < -0.4 is 10.1 Å². The molecule has 2 N–H and O–H groups in total. The number of ether oxygens (including phenoxy) is 1. The zero-order valence-corrected chi connectivity index (χ0v) is 12.4. The van der Waals surface area contributed by atoms with E-state index in [2.05, 4.69) is 31.3 Å². The summed E-state index contributed by atoms with van der Waals surface area (Å²) in [7, 11) is 1.56. The number of nitrogens with one attached hydrogen (secondary N) is 1. The molecule has 0 heterocycles. The lowest BCUT2D eigenvalue weighted by Gasteiger charge is -2.13. The Morgan fingerprint density at radius 2 is 1.81 bits per heavy atom. The summed E-state index contributed by atoms with van der Waals surface area (Å²) >= 11 is 0. The molecule has 0 atom stereocenters. The van der Waals surface area contributed by atoms with Gasteiger partial charge < -0.3 is 15.2 Å². The Kier molecular flexibility index (Phi) is 4.48. The van der Waals surface area contributed by atoms with Gasteiger partial charge in [-0.25, -0.2) is 4.79 Å². The normalized spacial score (nSPS) is 10.5. The molecule has 0 spiro atoms. The van der Waals surface area contributed by atoms with Crippen LogP contribution in [0, 0.1) is 0 Å². The quantitative estimate of drug-likeness (QED) is 0.861.